The molecule has 20 heavy (non-hydrogen) atoms. The summed E-state index contributed by atoms with van der Waals surface area (Å²) in [6.07, 6.45) is 2.12. The number of hydrogen-bond donors (Lipinski definition) is 0. The summed E-state index contributed by atoms with van der Waals surface area (Å²) >= 11 is 0. The summed E-state index contributed by atoms with van der Waals surface area (Å²) in [4.78, 5) is 0. The van der Waals surface area contributed by atoms with E-state index in [2.05, 4.69) is 6.55 Å². The lowest BCUT2D eigenvalue weighted by molar-refractivity contribution is 0.0696. The zero-order valence-corrected chi connectivity index (χ0v) is 14.6. The predicted octanol–water partition coefficient (Wildman–Crippen LogP) is 2.31. The van der Waals surface area contributed by atoms with Crippen molar-refractivity contribution in [2.75, 3.05) is 61.0 Å². The Bertz CT molecular complexity index is 188. The van der Waals surface area contributed by atoms with Gasteiger partial charge in [0.05, 0.1) is 26.4 Å². The Morgan fingerprint density at radius 2 is 1.10 bits per heavy atom. The molecule has 0 aromatic heterocycles. The maximum Gasteiger partial charge on any atom is 0.189 e. The molecule has 0 atom stereocenters. The van der Waals surface area contributed by atoms with Crippen LogP contribution in [0, 0.1) is 0 Å². The molecule has 0 saturated carbocycles. The van der Waals surface area contributed by atoms with Gasteiger partial charge in [-0.25, -0.2) is 0 Å². The van der Waals surface area contributed by atoms with Gasteiger partial charge in [0.2, 0.25) is 0 Å². The third-order valence-corrected chi connectivity index (χ3v) is 7.15. The van der Waals surface area contributed by atoms with Crippen molar-refractivity contribution in [1.82, 2.24) is 0 Å². The maximum absolute atomic E-state index is 5.77. The van der Waals surface area contributed by atoms with E-state index < -0.39 is 8.32 Å². The monoisotopic (exact) mass is 308 g/mol. The van der Waals surface area contributed by atoms with Gasteiger partial charge in [-0.15, -0.1) is 0 Å². The van der Waals surface area contributed by atoms with Crippen molar-refractivity contribution in [2.24, 2.45) is 0 Å². The van der Waals surface area contributed by atoms with E-state index in [-0.39, 0.29) is 0 Å². The lowest BCUT2D eigenvalue weighted by Crippen LogP contribution is -2.33. The molecule has 0 fully saturated rings. The Labute approximate surface area is 125 Å². The minimum Gasteiger partial charge on any atom is -0.420 e. The standard InChI is InChI=1S/C14H32O5Si/c1-15-9-11-18-7-5-13-20(4,17-3)14-6-8-19-12-10-16-2/h5-14H2,1-4H3. The summed E-state index contributed by atoms with van der Waals surface area (Å²) in [5.74, 6) is 0. The lowest BCUT2D eigenvalue weighted by atomic mass is 10.5. The van der Waals surface area contributed by atoms with Crippen LogP contribution in [0.5, 0.6) is 0 Å². The molecule has 122 valence electrons. The molecule has 0 saturated heterocycles. The fraction of sp³-hybridized carbons (Fsp3) is 1.00. The van der Waals surface area contributed by atoms with E-state index in [1.807, 2.05) is 7.11 Å². The highest BCUT2D eigenvalue weighted by molar-refractivity contribution is 6.72. The Morgan fingerprint density at radius 1 is 0.650 bits per heavy atom. The second-order valence-corrected chi connectivity index (χ2v) is 9.38. The van der Waals surface area contributed by atoms with Gasteiger partial charge in [-0.1, -0.05) is 0 Å². The number of hydrogen-bond acceptors (Lipinski definition) is 5. The highest BCUT2D eigenvalue weighted by Crippen LogP contribution is 2.20. The average Bonchev–Trinajstić information content (AvgIpc) is 2.46. The van der Waals surface area contributed by atoms with Crippen LogP contribution in [-0.2, 0) is 23.4 Å². The van der Waals surface area contributed by atoms with E-state index in [1.54, 1.807) is 14.2 Å². The Morgan fingerprint density at radius 3 is 1.45 bits per heavy atom. The smallest absolute Gasteiger partial charge is 0.189 e. The molecule has 0 aromatic rings. The summed E-state index contributed by atoms with van der Waals surface area (Å²) in [6.45, 7) is 6.55. The molecule has 0 aliphatic heterocycles. The first-order chi connectivity index (χ1) is 9.68. The van der Waals surface area contributed by atoms with Crippen molar-refractivity contribution in [2.45, 2.75) is 31.5 Å². The van der Waals surface area contributed by atoms with E-state index in [0.717, 1.165) is 38.1 Å². The number of methoxy groups -OCH3 is 2. The van der Waals surface area contributed by atoms with Crippen LogP contribution >= 0.6 is 0 Å². The Hall–Kier alpha value is 0.0169. The molecule has 5 nitrogen and oxygen atoms in total. The molecule has 0 bridgehead atoms. The normalized spacial score (nSPS) is 12.0. The van der Waals surface area contributed by atoms with Gasteiger partial charge in [0, 0.05) is 34.5 Å². The minimum absolute atomic E-state index is 0.664. The van der Waals surface area contributed by atoms with Crippen LogP contribution in [0.25, 0.3) is 0 Å². The van der Waals surface area contributed by atoms with E-state index >= 15 is 0 Å². The fourth-order valence-electron chi connectivity index (χ4n) is 1.91. The van der Waals surface area contributed by atoms with Crippen molar-refractivity contribution in [3.8, 4) is 0 Å². The summed E-state index contributed by atoms with van der Waals surface area (Å²) in [7, 11) is 3.63. The summed E-state index contributed by atoms with van der Waals surface area (Å²) in [5.41, 5.74) is 0. The topological polar surface area (TPSA) is 46.2 Å². The second-order valence-electron chi connectivity index (χ2n) is 5.07. The van der Waals surface area contributed by atoms with E-state index in [4.69, 9.17) is 23.4 Å². The second kappa shape index (κ2) is 14.0. The van der Waals surface area contributed by atoms with Crippen LogP contribution in [0.2, 0.25) is 18.6 Å². The highest BCUT2D eigenvalue weighted by atomic mass is 28.4. The fourth-order valence-corrected chi connectivity index (χ4v) is 4.36. The molecule has 0 amide bonds. The van der Waals surface area contributed by atoms with Crippen molar-refractivity contribution >= 4 is 8.32 Å². The first-order valence-electron chi connectivity index (χ1n) is 7.37. The van der Waals surface area contributed by atoms with Crippen LogP contribution < -0.4 is 0 Å². The van der Waals surface area contributed by atoms with Gasteiger partial charge in [0.15, 0.2) is 8.32 Å². The number of rotatable bonds is 15. The van der Waals surface area contributed by atoms with Crippen LogP contribution in [0.15, 0.2) is 0 Å². The summed E-state index contributed by atoms with van der Waals surface area (Å²) in [5, 5.41) is 0. The first-order valence-corrected chi connectivity index (χ1v) is 10.2. The van der Waals surface area contributed by atoms with Gasteiger partial charge in [-0.3, -0.25) is 0 Å². The molecule has 0 aromatic carbocycles. The molecule has 0 spiro atoms. The average molecular weight is 308 g/mol. The molecule has 0 heterocycles. The van der Waals surface area contributed by atoms with Crippen LogP contribution in [0.4, 0.5) is 0 Å². The van der Waals surface area contributed by atoms with Crippen LogP contribution in [-0.4, -0.2) is 69.3 Å². The quantitative estimate of drug-likeness (QED) is 0.343. The molecule has 0 unspecified atom stereocenters. The van der Waals surface area contributed by atoms with Gasteiger partial charge in [-0.05, 0) is 31.5 Å². The molecule has 0 N–H and O–H groups in total. The Balaban J connectivity index is 3.57. The third-order valence-electron chi connectivity index (χ3n) is 3.34. The largest absolute Gasteiger partial charge is 0.420 e. The highest BCUT2D eigenvalue weighted by Gasteiger charge is 2.26. The molecular formula is C14H32O5Si. The molecular weight excluding hydrogens is 276 g/mol. The molecule has 0 radical (unpaired) electrons. The van der Waals surface area contributed by atoms with E-state index in [0.29, 0.717) is 26.4 Å². The van der Waals surface area contributed by atoms with Crippen molar-refractivity contribution in [3.05, 3.63) is 0 Å². The third kappa shape index (κ3) is 11.8. The lowest BCUT2D eigenvalue weighted by Gasteiger charge is -2.25. The minimum atomic E-state index is -1.58. The van der Waals surface area contributed by atoms with Gasteiger partial charge >= 0.3 is 0 Å². The van der Waals surface area contributed by atoms with E-state index in [9.17, 15) is 0 Å². The molecule has 0 rings (SSSR count). The summed E-state index contributed by atoms with van der Waals surface area (Å²) < 4.78 is 26.6. The van der Waals surface area contributed by atoms with Crippen LogP contribution in [0.1, 0.15) is 12.8 Å². The predicted molar refractivity (Wildman–Crippen MR) is 82.9 cm³/mol. The zero-order valence-electron chi connectivity index (χ0n) is 13.6. The molecule has 0 aliphatic carbocycles. The first kappa shape index (κ1) is 20.0. The maximum atomic E-state index is 5.77. The van der Waals surface area contributed by atoms with Gasteiger partial charge in [-0.2, -0.15) is 0 Å². The van der Waals surface area contributed by atoms with Crippen molar-refractivity contribution < 1.29 is 23.4 Å². The van der Waals surface area contributed by atoms with Crippen molar-refractivity contribution in [3.63, 3.8) is 0 Å². The SMILES string of the molecule is COCCOCCC[Si](C)(CCCOCCOC)OC. The van der Waals surface area contributed by atoms with Crippen molar-refractivity contribution in [1.29, 1.82) is 0 Å². The van der Waals surface area contributed by atoms with E-state index in [1.165, 1.54) is 0 Å². The summed E-state index contributed by atoms with van der Waals surface area (Å²) in [6, 6.07) is 2.27. The van der Waals surface area contributed by atoms with Gasteiger partial charge in [0.1, 0.15) is 0 Å². The van der Waals surface area contributed by atoms with Gasteiger partial charge < -0.3 is 23.4 Å². The number of ether oxygens (including phenoxy) is 4. The van der Waals surface area contributed by atoms with Gasteiger partial charge in [0.25, 0.3) is 0 Å². The molecule has 6 heteroatoms. The van der Waals surface area contributed by atoms with Crippen LogP contribution in [0.3, 0.4) is 0 Å². The molecule has 0 aliphatic rings. The Kier molecular flexibility index (Phi) is 14.0. The zero-order chi connectivity index (χ0) is 15.1.